The molecule has 28 heavy (non-hydrogen) atoms. The number of hydrogen-bond donors (Lipinski definition) is 0. The van der Waals surface area contributed by atoms with E-state index in [9.17, 15) is 19.2 Å². The zero-order valence-electron chi connectivity index (χ0n) is 17.6. The standard InChI is InChI=1S/C20H34N2O6/c1-15(2)5-7-19(25)27-13-17(23)21-9-11-22(12-10-21)18(24)14-28-20(26)8-6-16(3)4/h15-16H,5-14H2,1-4H3. The van der Waals surface area contributed by atoms with Gasteiger partial charge in [-0.25, -0.2) is 0 Å². The van der Waals surface area contributed by atoms with E-state index in [-0.39, 0.29) is 37.0 Å². The number of hydrogen-bond acceptors (Lipinski definition) is 6. The van der Waals surface area contributed by atoms with E-state index < -0.39 is 0 Å². The molecule has 1 aliphatic heterocycles. The summed E-state index contributed by atoms with van der Waals surface area (Å²) < 4.78 is 10.0. The normalized spacial score (nSPS) is 14.4. The highest BCUT2D eigenvalue weighted by Gasteiger charge is 2.25. The average Bonchev–Trinajstić information content (AvgIpc) is 2.66. The Labute approximate surface area is 167 Å². The van der Waals surface area contributed by atoms with Gasteiger partial charge in [-0.1, -0.05) is 27.7 Å². The van der Waals surface area contributed by atoms with E-state index in [0.717, 1.165) is 12.8 Å². The molecule has 0 atom stereocenters. The topological polar surface area (TPSA) is 93.2 Å². The van der Waals surface area contributed by atoms with Gasteiger partial charge in [-0.15, -0.1) is 0 Å². The van der Waals surface area contributed by atoms with Gasteiger partial charge in [0.25, 0.3) is 11.8 Å². The van der Waals surface area contributed by atoms with Gasteiger partial charge in [0.15, 0.2) is 13.2 Å². The summed E-state index contributed by atoms with van der Waals surface area (Å²) in [6.45, 7) is 9.03. The van der Waals surface area contributed by atoms with Crippen molar-refractivity contribution in [1.82, 2.24) is 9.80 Å². The minimum absolute atomic E-state index is 0.259. The van der Waals surface area contributed by atoms with E-state index in [1.54, 1.807) is 9.80 Å². The smallest absolute Gasteiger partial charge is 0.306 e. The lowest BCUT2D eigenvalue weighted by molar-refractivity contribution is -0.155. The first-order valence-electron chi connectivity index (χ1n) is 10.1. The van der Waals surface area contributed by atoms with Crippen molar-refractivity contribution in [2.24, 2.45) is 11.8 Å². The summed E-state index contributed by atoms with van der Waals surface area (Å²) in [6, 6.07) is 0. The van der Waals surface area contributed by atoms with Crippen LogP contribution < -0.4 is 0 Å². The van der Waals surface area contributed by atoms with Crippen LogP contribution in [0.3, 0.4) is 0 Å². The van der Waals surface area contributed by atoms with E-state index >= 15 is 0 Å². The summed E-state index contributed by atoms with van der Waals surface area (Å²) >= 11 is 0. The number of rotatable bonds is 10. The van der Waals surface area contributed by atoms with Gasteiger partial charge in [-0.3, -0.25) is 19.2 Å². The largest absolute Gasteiger partial charge is 0.456 e. The summed E-state index contributed by atoms with van der Waals surface area (Å²) in [7, 11) is 0. The van der Waals surface area contributed by atoms with Crippen LogP contribution in [0.1, 0.15) is 53.4 Å². The number of esters is 2. The van der Waals surface area contributed by atoms with Crippen molar-refractivity contribution in [2.45, 2.75) is 53.4 Å². The third-order valence-electron chi connectivity index (χ3n) is 4.55. The number of ether oxygens (including phenoxy) is 2. The fraction of sp³-hybridized carbons (Fsp3) is 0.800. The molecule has 0 bridgehead atoms. The maximum atomic E-state index is 12.1. The van der Waals surface area contributed by atoms with Crippen molar-refractivity contribution < 1.29 is 28.7 Å². The Balaban J connectivity index is 2.24. The van der Waals surface area contributed by atoms with Gasteiger partial charge in [0.1, 0.15) is 0 Å². The fourth-order valence-electron chi connectivity index (χ4n) is 2.63. The molecular formula is C20H34N2O6. The molecule has 0 aromatic rings. The molecule has 0 radical (unpaired) electrons. The van der Waals surface area contributed by atoms with Crippen molar-refractivity contribution in [3.8, 4) is 0 Å². The highest BCUT2D eigenvalue weighted by atomic mass is 16.5. The Morgan fingerprint density at radius 2 is 1.00 bits per heavy atom. The molecule has 0 saturated carbocycles. The molecule has 0 aromatic heterocycles. The average molecular weight is 399 g/mol. The lowest BCUT2D eigenvalue weighted by atomic mass is 10.1. The second-order valence-corrected chi connectivity index (χ2v) is 7.95. The first-order valence-corrected chi connectivity index (χ1v) is 10.1. The SMILES string of the molecule is CC(C)CCC(=O)OCC(=O)N1CCN(C(=O)COC(=O)CCC(C)C)CC1. The van der Waals surface area contributed by atoms with Gasteiger partial charge in [0.05, 0.1) is 0 Å². The third kappa shape index (κ3) is 9.71. The number of piperazine rings is 1. The van der Waals surface area contributed by atoms with Crippen molar-refractivity contribution in [3.63, 3.8) is 0 Å². The highest BCUT2D eigenvalue weighted by Crippen LogP contribution is 2.07. The summed E-state index contributed by atoms with van der Waals surface area (Å²) in [5.74, 6) is -0.438. The minimum atomic E-state index is -0.366. The van der Waals surface area contributed by atoms with Gasteiger partial charge in [-0.2, -0.15) is 0 Å². The summed E-state index contributed by atoms with van der Waals surface area (Å²) in [5.41, 5.74) is 0. The van der Waals surface area contributed by atoms with Crippen LogP contribution in [0.4, 0.5) is 0 Å². The van der Waals surface area contributed by atoms with Gasteiger partial charge in [-0.05, 0) is 24.7 Å². The van der Waals surface area contributed by atoms with Gasteiger partial charge >= 0.3 is 11.9 Å². The number of amides is 2. The first kappa shape index (κ1) is 23.9. The Kier molecular flexibility index (Phi) is 10.6. The highest BCUT2D eigenvalue weighted by molar-refractivity contribution is 5.82. The Bertz CT molecular complexity index is 491. The summed E-state index contributed by atoms with van der Waals surface area (Å²) in [5, 5.41) is 0. The molecule has 2 amide bonds. The molecule has 8 heteroatoms. The van der Waals surface area contributed by atoms with Crippen LogP contribution in [-0.2, 0) is 28.7 Å². The zero-order chi connectivity index (χ0) is 21.1. The third-order valence-corrected chi connectivity index (χ3v) is 4.55. The lowest BCUT2D eigenvalue weighted by Gasteiger charge is -2.34. The molecule has 0 N–H and O–H groups in total. The van der Waals surface area contributed by atoms with Crippen LogP contribution in [0.25, 0.3) is 0 Å². The number of nitrogens with zero attached hydrogens (tertiary/aromatic N) is 2. The zero-order valence-corrected chi connectivity index (χ0v) is 17.6. The molecule has 8 nitrogen and oxygen atoms in total. The molecule has 1 rings (SSSR count). The van der Waals surface area contributed by atoms with Crippen molar-refractivity contribution in [2.75, 3.05) is 39.4 Å². The molecule has 160 valence electrons. The molecule has 0 aromatic carbocycles. The fourth-order valence-corrected chi connectivity index (χ4v) is 2.63. The molecule has 0 spiro atoms. The van der Waals surface area contributed by atoms with Crippen molar-refractivity contribution in [1.29, 1.82) is 0 Å². The number of carbonyl (C=O) groups excluding carboxylic acids is 4. The summed E-state index contributed by atoms with van der Waals surface area (Å²) in [4.78, 5) is 50.6. The maximum absolute atomic E-state index is 12.1. The van der Waals surface area contributed by atoms with Crippen LogP contribution in [0, 0.1) is 11.8 Å². The van der Waals surface area contributed by atoms with Gasteiger partial charge in [0, 0.05) is 39.0 Å². The van der Waals surface area contributed by atoms with E-state index in [1.165, 1.54) is 0 Å². The Morgan fingerprint density at radius 3 is 1.29 bits per heavy atom. The first-order chi connectivity index (χ1) is 13.2. The summed E-state index contributed by atoms with van der Waals surface area (Å²) in [6.07, 6.45) is 2.08. The van der Waals surface area contributed by atoms with Gasteiger partial charge < -0.3 is 19.3 Å². The van der Waals surface area contributed by atoms with Gasteiger partial charge in [0.2, 0.25) is 0 Å². The predicted octanol–water partition coefficient (Wildman–Crippen LogP) is 1.62. The molecule has 1 saturated heterocycles. The van der Waals surface area contributed by atoms with Crippen LogP contribution in [-0.4, -0.2) is 72.9 Å². The monoisotopic (exact) mass is 398 g/mol. The van der Waals surface area contributed by atoms with E-state index in [2.05, 4.69) is 0 Å². The number of carbonyl (C=O) groups is 4. The Morgan fingerprint density at radius 1 is 0.679 bits per heavy atom. The molecule has 0 aliphatic carbocycles. The second-order valence-electron chi connectivity index (χ2n) is 7.95. The van der Waals surface area contributed by atoms with Crippen LogP contribution in [0.15, 0.2) is 0 Å². The molecule has 1 heterocycles. The second kappa shape index (κ2) is 12.4. The van der Waals surface area contributed by atoms with E-state index in [0.29, 0.717) is 50.9 Å². The molecule has 0 unspecified atom stereocenters. The molecule has 1 aliphatic rings. The van der Waals surface area contributed by atoms with E-state index in [1.807, 2.05) is 27.7 Å². The van der Waals surface area contributed by atoms with Crippen molar-refractivity contribution in [3.05, 3.63) is 0 Å². The quantitative estimate of drug-likeness (QED) is 0.519. The molecular weight excluding hydrogens is 364 g/mol. The maximum Gasteiger partial charge on any atom is 0.306 e. The van der Waals surface area contributed by atoms with Crippen molar-refractivity contribution >= 4 is 23.8 Å². The molecule has 1 fully saturated rings. The lowest BCUT2D eigenvalue weighted by Crippen LogP contribution is -2.52. The minimum Gasteiger partial charge on any atom is -0.456 e. The predicted molar refractivity (Wildman–Crippen MR) is 103 cm³/mol. The Hall–Kier alpha value is -2.12. The van der Waals surface area contributed by atoms with E-state index in [4.69, 9.17) is 9.47 Å². The van der Waals surface area contributed by atoms with Crippen LogP contribution in [0.2, 0.25) is 0 Å². The van der Waals surface area contributed by atoms with Crippen LogP contribution >= 0.6 is 0 Å². The van der Waals surface area contributed by atoms with Crippen LogP contribution in [0.5, 0.6) is 0 Å².